The maximum absolute atomic E-state index is 4.45. The van der Waals surface area contributed by atoms with Crippen LogP contribution in [0.15, 0.2) is 10.7 Å². The van der Waals surface area contributed by atoms with Gasteiger partial charge in [-0.25, -0.2) is 4.98 Å². The molecular weight excluding hydrogens is 280 g/mol. The first-order valence-corrected chi connectivity index (χ1v) is 6.91. The normalized spacial score (nSPS) is 18.8. The molecule has 1 aromatic heterocycles. The van der Waals surface area contributed by atoms with Crippen LogP contribution in [0, 0.1) is 0 Å². The molecule has 1 aliphatic rings. The van der Waals surface area contributed by atoms with E-state index in [1.807, 2.05) is 7.05 Å². The van der Waals surface area contributed by atoms with Crippen LogP contribution in [0.5, 0.6) is 0 Å². The number of halogens is 1. The average Bonchev–Trinajstić information content (AvgIpc) is 2.33. The lowest BCUT2D eigenvalue weighted by atomic mass is 9.83. The summed E-state index contributed by atoms with van der Waals surface area (Å²) in [6.07, 6.45) is 8.14. The van der Waals surface area contributed by atoms with Gasteiger partial charge in [0.05, 0.1) is 4.47 Å². The molecule has 2 N–H and O–H groups in total. The van der Waals surface area contributed by atoms with Crippen LogP contribution in [-0.4, -0.2) is 22.6 Å². The fraction of sp³-hybridized carbons (Fsp3) is 0.667. The molecule has 0 atom stereocenters. The van der Waals surface area contributed by atoms with Gasteiger partial charge in [0.1, 0.15) is 5.82 Å². The molecule has 1 aromatic rings. The highest BCUT2D eigenvalue weighted by Gasteiger charge is 2.27. The van der Waals surface area contributed by atoms with Gasteiger partial charge in [-0.05, 0) is 35.7 Å². The number of rotatable bonds is 3. The van der Waals surface area contributed by atoms with E-state index in [0.29, 0.717) is 5.95 Å². The van der Waals surface area contributed by atoms with Crippen LogP contribution in [0.4, 0.5) is 11.8 Å². The molecule has 2 rings (SSSR count). The van der Waals surface area contributed by atoms with Gasteiger partial charge in [-0.2, -0.15) is 4.98 Å². The zero-order valence-corrected chi connectivity index (χ0v) is 12.0. The Morgan fingerprint density at radius 1 is 1.29 bits per heavy atom. The van der Waals surface area contributed by atoms with Gasteiger partial charge in [0.2, 0.25) is 5.95 Å². The minimum atomic E-state index is 0.167. The van der Waals surface area contributed by atoms with Crippen LogP contribution in [0.25, 0.3) is 0 Å². The maximum Gasteiger partial charge on any atom is 0.224 e. The zero-order chi connectivity index (χ0) is 12.3. The molecule has 1 heterocycles. The van der Waals surface area contributed by atoms with Crippen molar-refractivity contribution in [1.82, 2.24) is 9.97 Å². The second-order valence-corrected chi connectivity index (χ2v) is 5.74. The van der Waals surface area contributed by atoms with Crippen LogP contribution in [0.1, 0.15) is 39.0 Å². The second-order valence-electron chi connectivity index (χ2n) is 4.89. The van der Waals surface area contributed by atoms with E-state index in [2.05, 4.69) is 43.5 Å². The summed E-state index contributed by atoms with van der Waals surface area (Å²) in [6.45, 7) is 2.28. The van der Waals surface area contributed by atoms with E-state index in [9.17, 15) is 0 Å². The van der Waals surface area contributed by atoms with Crippen molar-refractivity contribution in [1.29, 1.82) is 0 Å². The van der Waals surface area contributed by atoms with Gasteiger partial charge in [0, 0.05) is 18.8 Å². The summed E-state index contributed by atoms with van der Waals surface area (Å²) in [7, 11) is 1.83. The molecule has 0 spiro atoms. The van der Waals surface area contributed by atoms with Gasteiger partial charge in [-0.1, -0.05) is 19.3 Å². The van der Waals surface area contributed by atoms with E-state index >= 15 is 0 Å². The van der Waals surface area contributed by atoms with Gasteiger partial charge in [0.15, 0.2) is 0 Å². The van der Waals surface area contributed by atoms with Crippen LogP contribution in [-0.2, 0) is 0 Å². The molecule has 0 saturated heterocycles. The Bertz CT molecular complexity index is 388. The quantitative estimate of drug-likeness (QED) is 0.898. The van der Waals surface area contributed by atoms with Crippen molar-refractivity contribution in [3.05, 3.63) is 10.7 Å². The minimum Gasteiger partial charge on any atom is -0.364 e. The third kappa shape index (κ3) is 3.09. The molecule has 94 valence electrons. The molecule has 1 saturated carbocycles. The Labute approximate surface area is 111 Å². The number of anilines is 2. The second kappa shape index (κ2) is 5.21. The van der Waals surface area contributed by atoms with E-state index in [-0.39, 0.29) is 5.54 Å². The van der Waals surface area contributed by atoms with Crippen molar-refractivity contribution in [2.75, 3.05) is 17.7 Å². The zero-order valence-electron chi connectivity index (χ0n) is 10.4. The standard InChI is InChI=1S/C12H19BrN4/c1-12(6-4-3-5-7-12)17-10-9(13)8-15-11(14-2)16-10/h8H,3-7H2,1-2H3,(H2,14,15,16,17). The first kappa shape index (κ1) is 12.6. The molecule has 17 heavy (non-hydrogen) atoms. The van der Waals surface area contributed by atoms with E-state index in [1.165, 1.54) is 32.1 Å². The molecule has 5 heteroatoms. The lowest BCUT2D eigenvalue weighted by molar-refractivity contribution is 0.348. The number of hydrogen-bond acceptors (Lipinski definition) is 4. The highest BCUT2D eigenvalue weighted by atomic mass is 79.9. The van der Waals surface area contributed by atoms with Crippen LogP contribution in [0.2, 0.25) is 0 Å². The summed E-state index contributed by atoms with van der Waals surface area (Å²) < 4.78 is 0.920. The summed E-state index contributed by atoms with van der Waals surface area (Å²) in [5.74, 6) is 1.53. The minimum absolute atomic E-state index is 0.167. The predicted molar refractivity (Wildman–Crippen MR) is 74.4 cm³/mol. The number of nitrogens with zero attached hydrogens (tertiary/aromatic N) is 2. The fourth-order valence-electron chi connectivity index (χ4n) is 2.32. The molecule has 0 aliphatic heterocycles. The van der Waals surface area contributed by atoms with Crippen molar-refractivity contribution in [2.45, 2.75) is 44.6 Å². The van der Waals surface area contributed by atoms with Gasteiger partial charge >= 0.3 is 0 Å². The number of hydrogen-bond donors (Lipinski definition) is 2. The monoisotopic (exact) mass is 298 g/mol. The summed E-state index contributed by atoms with van der Waals surface area (Å²) in [4.78, 5) is 8.61. The average molecular weight is 299 g/mol. The number of nitrogens with one attached hydrogen (secondary N) is 2. The van der Waals surface area contributed by atoms with Crippen LogP contribution in [0.3, 0.4) is 0 Å². The summed E-state index contributed by atoms with van der Waals surface area (Å²) in [5.41, 5.74) is 0.167. The van der Waals surface area contributed by atoms with E-state index in [0.717, 1.165) is 10.3 Å². The highest BCUT2D eigenvalue weighted by Crippen LogP contribution is 2.32. The summed E-state index contributed by atoms with van der Waals surface area (Å²) in [5, 5.41) is 6.52. The van der Waals surface area contributed by atoms with Gasteiger partial charge in [-0.15, -0.1) is 0 Å². The van der Waals surface area contributed by atoms with E-state index in [4.69, 9.17) is 0 Å². The molecule has 0 aromatic carbocycles. The molecular formula is C12H19BrN4. The predicted octanol–water partition coefficient (Wildman–Crippen LogP) is 3.42. The molecule has 0 radical (unpaired) electrons. The SMILES string of the molecule is CNc1ncc(Br)c(NC2(C)CCCCC2)n1. The van der Waals surface area contributed by atoms with Crippen molar-refractivity contribution in [2.24, 2.45) is 0 Å². The molecule has 0 unspecified atom stereocenters. The number of aromatic nitrogens is 2. The fourth-order valence-corrected chi connectivity index (χ4v) is 2.61. The Morgan fingerprint density at radius 3 is 2.65 bits per heavy atom. The van der Waals surface area contributed by atoms with E-state index < -0.39 is 0 Å². The third-order valence-electron chi connectivity index (χ3n) is 3.34. The largest absolute Gasteiger partial charge is 0.364 e. The van der Waals surface area contributed by atoms with Crippen molar-refractivity contribution in [3.8, 4) is 0 Å². The Morgan fingerprint density at radius 2 is 2.00 bits per heavy atom. The molecule has 1 fully saturated rings. The van der Waals surface area contributed by atoms with Crippen molar-refractivity contribution in [3.63, 3.8) is 0 Å². The van der Waals surface area contributed by atoms with Crippen molar-refractivity contribution >= 4 is 27.7 Å². The molecule has 1 aliphatic carbocycles. The first-order valence-electron chi connectivity index (χ1n) is 6.11. The first-order chi connectivity index (χ1) is 8.13. The highest BCUT2D eigenvalue weighted by molar-refractivity contribution is 9.10. The lowest BCUT2D eigenvalue weighted by Gasteiger charge is -2.35. The lowest BCUT2D eigenvalue weighted by Crippen LogP contribution is -2.37. The van der Waals surface area contributed by atoms with Gasteiger partial charge < -0.3 is 10.6 Å². The smallest absolute Gasteiger partial charge is 0.224 e. The molecule has 0 amide bonds. The Kier molecular flexibility index (Phi) is 3.86. The molecule has 4 nitrogen and oxygen atoms in total. The Balaban J connectivity index is 2.16. The van der Waals surface area contributed by atoms with E-state index in [1.54, 1.807) is 6.20 Å². The van der Waals surface area contributed by atoms with Crippen molar-refractivity contribution < 1.29 is 0 Å². The summed E-state index contributed by atoms with van der Waals surface area (Å²) >= 11 is 3.50. The topological polar surface area (TPSA) is 49.8 Å². The maximum atomic E-state index is 4.45. The van der Waals surface area contributed by atoms with Gasteiger partial charge in [-0.3, -0.25) is 0 Å². The third-order valence-corrected chi connectivity index (χ3v) is 3.93. The molecule has 0 bridgehead atoms. The van der Waals surface area contributed by atoms with Crippen LogP contribution < -0.4 is 10.6 Å². The van der Waals surface area contributed by atoms with Gasteiger partial charge in [0.25, 0.3) is 0 Å². The van der Waals surface area contributed by atoms with Crippen LogP contribution >= 0.6 is 15.9 Å². The summed E-state index contributed by atoms with van der Waals surface area (Å²) in [6, 6.07) is 0. The Hall–Kier alpha value is -0.840.